The van der Waals surface area contributed by atoms with Crippen molar-refractivity contribution < 1.29 is 5.21 Å². The van der Waals surface area contributed by atoms with Gasteiger partial charge in [0.15, 0.2) is 5.84 Å². The Labute approximate surface area is 122 Å². The minimum absolute atomic E-state index is 0.157. The Kier molecular flexibility index (Phi) is 5.07. The number of oxime groups is 1. The third kappa shape index (κ3) is 3.41. The molecule has 4 nitrogen and oxygen atoms in total. The van der Waals surface area contributed by atoms with E-state index in [1.54, 1.807) is 0 Å². The van der Waals surface area contributed by atoms with Gasteiger partial charge in [-0.05, 0) is 40.9 Å². The fourth-order valence-corrected chi connectivity index (χ4v) is 3.13. The van der Waals surface area contributed by atoms with Crippen LogP contribution in [0.15, 0.2) is 27.8 Å². The van der Waals surface area contributed by atoms with Gasteiger partial charge >= 0.3 is 0 Å². The van der Waals surface area contributed by atoms with Gasteiger partial charge in [-0.15, -0.1) is 0 Å². The van der Waals surface area contributed by atoms with Crippen LogP contribution in [0, 0.1) is 0 Å². The molecule has 5 heteroatoms. The average Bonchev–Trinajstić information content (AvgIpc) is 2.37. The lowest BCUT2D eigenvalue weighted by Gasteiger charge is -2.29. The molecule has 0 spiro atoms. The number of nitrogens with zero attached hydrogens (tertiary/aromatic N) is 2. The van der Waals surface area contributed by atoms with Crippen molar-refractivity contribution in [3.05, 3.63) is 28.2 Å². The second-order valence-corrected chi connectivity index (χ2v) is 5.73. The van der Waals surface area contributed by atoms with Crippen molar-refractivity contribution in [2.75, 3.05) is 18.0 Å². The van der Waals surface area contributed by atoms with Gasteiger partial charge in [0.05, 0.1) is 5.56 Å². The van der Waals surface area contributed by atoms with Gasteiger partial charge in [0.1, 0.15) is 0 Å². The van der Waals surface area contributed by atoms with E-state index in [4.69, 9.17) is 10.9 Å². The van der Waals surface area contributed by atoms with E-state index in [2.05, 4.69) is 26.0 Å². The van der Waals surface area contributed by atoms with E-state index >= 15 is 0 Å². The Morgan fingerprint density at radius 1 is 1.16 bits per heavy atom. The number of rotatable bonds is 2. The minimum Gasteiger partial charge on any atom is -0.409 e. The van der Waals surface area contributed by atoms with Gasteiger partial charge in [-0.3, -0.25) is 0 Å². The van der Waals surface area contributed by atoms with Crippen LogP contribution in [0.25, 0.3) is 0 Å². The highest BCUT2D eigenvalue weighted by atomic mass is 79.9. The van der Waals surface area contributed by atoms with Crippen molar-refractivity contribution in [3.63, 3.8) is 0 Å². The highest BCUT2D eigenvalue weighted by molar-refractivity contribution is 9.10. The molecule has 1 fully saturated rings. The zero-order valence-corrected chi connectivity index (χ0v) is 12.6. The van der Waals surface area contributed by atoms with Gasteiger partial charge in [0.25, 0.3) is 0 Å². The monoisotopic (exact) mass is 325 g/mol. The Balaban J connectivity index is 2.34. The van der Waals surface area contributed by atoms with Crippen LogP contribution in [0.4, 0.5) is 5.69 Å². The summed E-state index contributed by atoms with van der Waals surface area (Å²) in [5.74, 6) is 0.157. The third-order valence-electron chi connectivity index (χ3n) is 3.55. The van der Waals surface area contributed by atoms with E-state index < -0.39 is 0 Å². The Morgan fingerprint density at radius 3 is 2.42 bits per heavy atom. The van der Waals surface area contributed by atoms with Crippen molar-refractivity contribution in [3.8, 4) is 0 Å². The molecule has 104 valence electrons. The second kappa shape index (κ2) is 6.80. The normalized spacial score (nSPS) is 17.9. The lowest BCUT2D eigenvalue weighted by Crippen LogP contribution is -2.30. The van der Waals surface area contributed by atoms with Crippen molar-refractivity contribution >= 4 is 27.5 Å². The molecule has 1 aromatic carbocycles. The van der Waals surface area contributed by atoms with Crippen LogP contribution in [0.1, 0.15) is 37.7 Å². The summed E-state index contributed by atoms with van der Waals surface area (Å²) in [6, 6.07) is 5.95. The summed E-state index contributed by atoms with van der Waals surface area (Å²) >= 11 is 3.49. The van der Waals surface area contributed by atoms with Crippen LogP contribution in [0.2, 0.25) is 0 Å². The Bertz CT molecular complexity index is 454. The number of amidine groups is 1. The summed E-state index contributed by atoms with van der Waals surface area (Å²) < 4.78 is 0.863. The summed E-state index contributed by atoms with van der Waals surface area (Å²) in [7, 11) is 0. The standard InChI is InChI=1S/C14H20BrN3O/c15-11-7-6-8-12(13(11)14(16)17-19)18-9-4-2-1-3-5-10-18/h6-8,19H,1-5,9-10H2,(H2,16,17). The van der Waals surface area contributed by atoms with Gasteiger partial charge in [0, 0.05) is 23.2 Å². The molecule has 0 aliphatic carbocycles. The topological polar surface area (TPSA) is 61.9 Å². The quantitative estimate of drug-likeness (QED) is 0.379. The first kappa shape index (κ1) is 14.2. The number of anilines is 1. The number of nitrogens with two attached hydrogens (primary N) is 1. The first-order chi connectivity index (χ1) is 9.24. The third-order valence-corrected chi connectivity index (χ3v) is 4.21. The molecule has 1 aliphatic rings. The van der Waals surface area contributed by atoms with Gasteiger partial charge < -0.3 is 15.8 Å². The first-order valence-corrected chi connectivity index (χ1v) is 7.54. The maximum absolute atomic E-state index is 8.96. The molecule has 0 aromatic heterocycles. The van der Waals surface area contributed by atoms with Crippen molar-refractivity contribution in [1.82, 2.24) is 0 Å². The molecule has 0 amide bonds. The molecular formula is C14H20BrN3O. The molecule has 1 saturated heterocycles. The molecule has 0 saturated carbocycles. The smallest absolute Gasteiger partial charge is 0.173 e. The number of benzene rings is 1. The molecule has 19 heavy (non-hydrogen) atoms. The van der Waals surface area contributed by atoms with E-state index in [0.29, 0.717) is 0 Å². The summed E-state index contributed by atoms with van der Waals surface area (Å²) in [6.45, 7) is 2.06. The second-order valence-electron chi connectivity index (χ2n) is 4.87. The van der Waals surface area contributed by atoms with Crippen LogP contribution in [0.3, 0.4) is 0 Å². The molecular weight excluding hydrogens is 306 g/mol. The maximum atomic E-state index is 8.96. The molecule has 0 bridgehead atoms. The molecule has 0 atom stereocenters. The number of hydrogen-bond acceptors (Lipinski definition) is 3. The van der Waals surface area contributed by atoms with Crippen molar-refractivity contribution in [2.45, 2.75) is 32.1 Å². The minimum atomic E-state index is 0.157. The molecule has 1 heterocycles. The van der Waals surface area contributed by atoms with E-state index in [1.165, 1.54) is 32.1 Å². The van der Waals surface area contributed by atoms with E-state index in [9.17, 15) is 0 Å². The fraction of sp³-hybridized carbons (Fsp3) is 0.500. The van der Waals surface area contributed by atoms with E-state index in [0.717, 1.165) is 28.8 Å². The lowest BCUT2D eigenvalue weighted by atomic mass is 10.1. The Hall–Kier alpha value is -1.23. The van der Waals surface area contributed by atoms with Crippen LogP contribution < -0.4 is 10.6 Å². The van der Waals surface area contributed by atoms with E-state index in [-0.39, 0.29) is 5.84 Å². The number of hydrogen-bond donors (Lipinski definition) is 2. The lowest BCUT2D eigenvalue weighted by molar-refractivity contribution is 0.318. The van der Waals surface area contributed by atoms with Crippen LogP contribution in [-0.2, 0) is 0 Å². The summed E-state index contributed by atoms with van der Waals surface area (Å²) in [6.07, 6.45) is 6.29. The van der Waals surface area contributed by atoms with Crippen LogP contribution in [-0.4, -0.2) is 24.1 Å². The first-order valence-electron chi connectivity index (χ1n) is 6.75. The number of halogens is 1. The van der Waals surface area contributed by atoms with Crippen LogP contribution >= 0.6 is 15.9 Å². The predicted molar refractivity (Wildman–Crippen MR) is 82.0 cm³/mol. The summed E-state index contributed by atoms with van der Waals surface area (Å²) in [5, 5.41) is 12.1. The van der Waals surface area contributed by atoms with E-state index in [1.807, 2.05) is 18.2 Å². The molecule has 1 aliphatic heterocycles. The van der Waals surface area contributed by atoms with Gasteiger partial charge in [0.2, 0.25) is 0 Å². The largest absolute Gasteiger partial charge is 0.409 e. The highest BCUT2D eigenvalue weighted by Crippen LogP contribution is 2.29. The maximum Gasteiger partial charge on any atom is 0.173 e. The van der Waals surface area contributed by atoms with Crippen molar-refractivity contribution in [1.29, 1.82) is 0 Å². The zero-order chi connectivity index (χ0) is 13.7. The van der Waals surface area contributed by atoms with Gasteiger partial charge in [-0.25, -0.2) is 0 Å². The Morgan fingerprint density at radius 2 is 1.79 bits per heavy atom. The van der Waals surface area contributed by atoms with Crippen LogP contribution in [0.5, 0.6) is 0 Å². The molecule has 1 aromatic rings. The molecule has 3 N–H and O–H groups in total. The average molecular weight is 326 g/mol. The van der Waals surface area contributed by atoms with Gasteiger partial charge in [-0.2, -0.15) is 0 Å². The summed E-state index contributed by atoms with van der Waals surface area (Å²) in [5.41, 5.74) is 7.65. The fourth-order valence-electron chi connectivity index (χ4n) is 2.57. The predicted octanol–water partition coefficient (Wildman–Crippen LogP) is 3.31. The van der Waals surface area contributed by atoms with Crippen molar-refractivity contribution in [2.24, 2.45) is 10.9 Å². The van der Waals surface area contributed by atoms with Gasteiger partial charge in [-0.1, -0.05) is 30.5 Å². The molecule has 0 unspecified atom stereocenters. The molecule has 2 rings (SSSR count). The zero-order valence-electron chi connectivity index (χ0n) is 11.0. The molecule has 0 radical (unpaired) electrons. The highest BCUT2D eigenvalue weighted by Gasteiger charge is 2.17. The SMILES string of the molecule is N/C(=N/O)c1c(Br)cccc1N1CCCCCCC1. The summed E-state index contributed by atoms with van der Waals surface area (Å²) in [4.78, 5) is 2.34.